The van der Waals surface area contributed by atoms with Crippen LogP contribution in [0.3, 0.4) is 0 Å². The molecule has 0 unspecified atom stereocenters. The Morgan fingerprint density at radius 2 is 0.762 bits per heavy atom. The van der Waals surface area contributed by atoms with Crippen LogP contribution in [0, 0.1) is 18.3 Å². The van der Waals surface area contributed by atoms with Gasteiger partial charge in [0.1, 0.15) is 0 Å². The lowest BCUT2D eigenvalue weighted by Gasteiger charge is -2.03. The van der Waals surface area contributed by atoms with Gasteiger partial charge in [0.05, 0.1) is 6.07 Å². The van der Waals surface area contributed by atoms with Crippen LogP contribution < -0.4 is 0 Å². The molecule has 0 aromatic rings. The SMILES string of the molecule is [CH2]CCCCCCCCCCCCCCCCCCC#N. The first-order chi connectivity index (χ1) is 10.4. The van der Waals surface area contributed by atoms with Gasteiger partial charge >= 0.3 is 0 Å². The molecule has 0 heterocycles. The van der Waals surface area contributed by atoms with Gasteiger partial charge in [0.25, 0.3) is 0 Å². The van der Waals surface area contributed by atoms with Crippen molar-refractivity contribution < 1.29 is 0 Å². The highest BCUT2D eigenvalue weighted by Crippen LogP contribution is 2.14. The molecule has 0 spiro atoms. The quantitative estimate of drug-likeness (QED) is 0.257. The minimum Gasteiger partial charge on any atom is -0.198 e. The Morgan fingerprint density at radius 1 is 0.476 bits per heavy atom. The van der Waals surface area contributed by atoms with E-state index >= 15 is 0 Å². The Morgan fingerprint density at radius 3 is 1.05 bits per heavy atom. The highest BCUT2D eigenvalue weighted by molar-refractivity contribution is 4.67. The maximum atomic E-state index is 8.44. The largest absolute Gasteiger partial charge is 0.198 e. The summed E-state index contributed by atoms with van der Waals surface area (Å²) in [5, 5.41) is 8.44. The molecule has 0 amide bonds. The Labute approximate surface area is 134 Å². The molecule has 0 atom stereocenters. The van der Waals surface area contributed by atoms with Gasteiger partial charge in [0, 0.05) is 6.42 Å². The van der Waals surface area contributed by atoms with Crippen LogP contribution in [-0.4, -0.2) is 0 Å². The molecule has 1 nitrogen and oxygen atoms in total. The molecule has 1 radical (unpaired) electrons. The van der Waals surface area contributed by atoms with Crippen molar-refractivity contribution >= 4 is 0 Å². The summed E-state index contributed by atoms with van der Waals surface area (Å²) >= 11 is 0. The first-order valence-corrected chi connectivity index (χ1v) is 9.58. The monoisotopic (exact) mass is 292 g/mol. The van der Waals surface area contributed by atoms with E-state index in [1.54, 1.807) is 0 Å². The summed E-state index contributed by atoms with van der Waals surface area (Å²) in [6, 6.07) is 2.22. The first-order valence-electron chi connectivity index (χ1n) is 9.58. The van der Waals surface area contributed by atoms with E-state index in [4.69, 9.17) is 5.26 Å². The van der Waals surface area contributed by atoms with Crippen LogP contribution >= 0.6 is 0 Å². The molecule has 0 fully saturated rings. The molecule has 0 aliphatic heterocycles. The summed E-state index contributed by atoms with van der Waals surface area (Å²) in [6.45, 7) is 3.88. The zero-order chi connectivity index (χ0) is 15.4. The fourth-order valence-electron chi connectivity index (χ4n) is 2.86. The lowest BCUT2D eigenvalue weighted by Crippen LogP contribution is -1.83. The van der Waals surface area contributed by atoms with E-state index in [2.05, 4.69) is 13.0 Å². The maximum Gasteiger partial charge on any atom is 0.0621 e. The van der Waals surface area contributed by atoms with E-state index in [-0.39, 0.29) is 0 Å². The van der Waals surface area contributed by atoms with Crippen molar-refractivity contribution in [3.8, 4) is 6.07 Å². The van der Waals surface area contributed by atoms with Gasteiger partial charge in [-0.25, -0.2) is 0 Å². The molecule has 0 aliphatic carbocycles. The molecule has 0 rings (SSSR count). The Kier molecular flexibility index (Phi) is 19.0. The van der Waals surface area contributed by atoms with Crippen LogP contribution in [0.15, 0.2) is 0 Å². The zero-order valence-electron chi connectivity index (χ0n) is 14.4. The molecule has 0 aliphatic rings. The van der Waals surface area contributed by atoms with Crippen molar-refractivity contribution in [1.29, 1.82) is 5.26 Å². The average molecular weight is 293 g/mol. The molecule has 0 saturated heterocycles. The van der Waals surface area contributed by atoms with Crippen LogP contribution in [0.1, 0.15) is 116 Å². The zero-order valence-corrected chi connectivity index (χ0v) is 14.4. The summed E-state index contributed by atoms with van der Waals surface area (Å²) in [5.74, 6) is 0. The summed E-state index contributed by atoms with van der Waals surface area (Å²) in [4.78, 5) is 0. The third-order valence-corrected chi connectivity index (χ3v) is 4.29. The Balaban J connectivity index is 2.92. The van der Waals surface area contributed by atoms with Crippen LogP contribution in [0.5, 0.6) is 0 Å². The Bertz CT molecular complexity index is 216. The number of rotatable bonds is 17. The van der Waals surface area contributed by atoms with Gasteiger partial charge in [0.15, 0.2) is 0 Å². The number of unbranched alkanes of at least 4 members (excludes halogenated alkanes) is 17. The number of hydrogen-bond donors (Lipinski definition) is 0. The van der Waals surface area contributed by atoms with Crippen molar-refractivity contribution in [2.45, 2.75) is 116 Å². The summed E-state index contributed by atoms with van der Waals surface area (Å²) in [7, 11) is 0. The van der Waals surface area contributed by atoms with Crippen LogP contribution in [0.2, 0.25) is 0 Å². The van der Waals surface area contributed by atoms with Gasteiger partial charge in [-0.1, -0.05) is 110 Å². The van der Waals surface area contributed by atoms with Crippen LogP contribution in [-0.2, 0) is 0 Å². The minimum atomic E-state index is 0.746. The van der Waals surface area contributed by atoms with E-state index in [1.807, 2.05) is 0 Å². The van der Waals surface area contributed by atoms with E-state index in [0.717, 1.165) is 19.3 Å². The normalized spacial score (nSPS) is 10.7. The molecular formula is C20H38N. The summed E-state index contributed by atoms with van der Waals surface area (Å²) in [6.07, 6.45) is 24.0. The predicted molar refractivity (Wildman–Crippen MR) is 94.1 cm³/mol. The van der Waals surface area contributed by atoms with Gasteiger partial charge in [-0.3, -0.25) is 0 Å². The van der Waals surface area contributed by atoms with Gasteiger partial charge in [-0.05, 0) is 6.42 Å². The average Bonchev–Trinajstić information content (AvgIpc) is 2.50. The van der Waals surface area contributed by atoms with Crippen molar-refractivity contribution in [3.63, 3.8) is 0 Å². The van der Waals surface area contributed by atoms with E-state index in [9.17, 15) is 0 Å². The van der Waals surface area contributed by atoms with Crippen molar-refractivity contribution in [2.24, 2.45) is 0 Å². The number of nitriles is 1. The Hall–Kier alpha value is -0.510. The topological polar surface area (TPSA) is 23.8 Å². The standard InChI is InChI=1S/C20H38N/c1-2-3-4-5-6-7-8-9-10-11-12-13-14-15-16-17-18-19-20-21/h1-19H2. The predicted octanol–water partition coefficient (Wildman–Crippen LogP) is 7.37. The maximum absolute atomic E-state index is 8.44. The summed E-state index contributed by atoms with van der Waals surface area (Å²) in [5.41, 5.74) is 0. The molecule has 21 heavy (non-hydrogen) atoms. The fraction of sp³-hybridized carbons (Fsp3) is 0.900. The molecule has 0 N–H and O–H groups in total. The van der Waals surface area contributed by atoms with Gasteiger partial charge < -0.3 is 0 Å². The molecular weight excluding hydrogens is 254 g/mol. The fourth-order valence-corrected chi connectivity index (χ4v) is 2.86. The second kappa shape index (κ2) is 19.5. The third kappa shape index (κ3) is 19.5. The molecule has 0 saturated carbocycles. The molecule has 0 bridgehead atoms. The number of hydrogen-bond acceptors (Lipinski definition) is 1. The number of nitrogens with zero attached hydrogens (tertiary/aromatic N) is 1. The van der Waals surface area contributed by atoms with Gasteiger partial charge in [-0.2, -0.15) is 5.26 Å². The van der Waals surface area contributed by atoms with Crippen molar-refractivity contribution in [3.05, 3.63) is 6.92 Å². The lowest BCUT2D eigenvalue weighted by atomic mass is 10.0. The summed E-state index contributed by atoms with van der Waals surface area (Å²) < 4.78 is 0. The highest BCUT2D eigenvalue weighted by atomic mass is 14.2. The van der Waals surface area contributed by atoms with Crippen LogP contribution in [0.4, 0.5) is 0 Å². The minimum absolute atomic E-state index is 0.746. The second-order valence-corrected chi connectivity index (χ2v) is 6.42. The second-order valence-electron chi connectivity index (χ2n) is 6.42. The lowest BCUT2D eigenvalue weighted by molar-refractivity contribution is 0.528. The molecule has 0 aromatic heterocycles. The van der Waals surface area contributed by atoms with Crippen LogP contribution in [0.25, 0.3) is 0 Å². The molecule has 123 valence electrons. The van der Waals surface area contributed by atoms with Gasteiger partial charge in [0.2, 0.25) is 0 Å². The van der Waals surface area contributed by atoms with Crippen molar-refractivity contribution in [1.82, 2.24) is 0 Å². The highest BCUT2D eigenvalue weighted by Gasteiger charge is 1.94. The smallest absolute Gasteiger partial charge is 0.0621 e. The van der Waals surface area contributed by atoms with E-state index < -0.39 is 0 Å². The molecule has 1 heteroatoms. The van der Waals surface area contributed by atoms with Gasteiger partial charge in [-0.15, -0.1) is 0 Å². The van der Waals surface area contributed by atoms with Crippen molar-refractivity contribution in [2.75, 3.05) is 0 Å². The first kappa shape index (κ1) is 20.5. The molecule has 0 aromatic carbocycles. The third-order valence-electron chi connectivity index (χ3n) is 4.29. The van der Waals surface area contributed by atoms with E-state index in [0.29, 0.717) is 0 Å². The van der Waals surface area contributed by atoms with E-state index in [1.165, 1.54) is 96.3 Å².